The molecule has 0 bridgehead atoms. The number of nitrogens with zero attached hydrogens (tertiary/aromatic N) is 1. The highest BCUT2D eigenvalue weighted by Crippen LogP contribution is 2.52. The van der Waals surface area contributed by atoms with Crippen molar-refractivity contribution in [2.24, 2.45) is 17.6 Å². The van der Waals surface area contributed by atoms with E-state index in [0.29, 0.717) is 22.2 Å². The molecule has 1 aromatic carbocycles. The molecular formula is C24H19BN2O7. The number of hydrogen-bond donors (Lipinski definition) is 5. The standard InChI is InChI=1S/C24H19BN2O7/c25-12-4-10(7-27-8-12)13-1-2-15(28)18-14(13)5-9-3-11-6-16(29)19(23(26)33)22(32)24(11,34)21(31)17(9)20(18)30/h1-2,4,7-9,11,28,30,32,34H,3,5-6H2,(H2,26,33)/t9-,11+,24+/m1/s1. The first kappa shape index (κ1) is 21.9. The summed E-state index contributed by atoms with van der Waals surface area (Å²) in [4.78, 5) is 41.7. The number of aromatic nitrogens is 1. The number of amides is 1. The molecule has 1 saturated carbocycles. The number of primary amides is 1. The van der Waals surface area contributed by atoms with Crippen LogP contribution in [0.2, 0.25) is 0 Å². The molecule has 3 aliphatic carbocycles. The second kappa shape index (κ2) is 7.29. The number of benzene rings is 1. The number of rotatable bonds is 2. The second-order valence-electron chi connectivity index (χ2n) is 8.90. The quantitative estimate of drug-likeness (QED) is 0.316. The van der Waals surface area contributed by atoms with Crippen LogP contribution in [0.15, 0.2) is 47.5 Å². The summed E-state index contributed by atoms with van der Waals surface area (Å²) in [5, 5.41) is 43.5. The smallest absolute Gasteiger partial charge is 0.255 e. The maximum absolute atomic E-state index is 13.5. The van der Waals surface area contributed by atoms with Crippen LogP contribution in [-0.4, -0.2) is 56.3 Å². The molecule has 0 unspecified atom stereocenters. The van der Waals surface area contributed by atoms with E-state index in [0.717, 1.165) is 0 Å². The van der Waals surface area contributed by atoms with Crippen molar-refractivity contribution in [3.63, 3.8) is 0 Å². The fourth-order valence-electron chi connectivity index (χ4n) is 5.50. The number of phenolic OH excluding ortho intramolecular Hbond substituents is 1. The number of fused-ring (bicyclic) bond motifs is 3. The molecule has 6 N–H and O–H groups in total. The molecular weight excluding hydrogens is 439 g/mol. The first-order valence-electron chi connectivity index (χ1n) is 10.6. The Bertz CT molecular complexity index is 1380. The maximum atomic E-state index is 13.5. The van der Waals surface area contributed by atoms with Crippen molar-refractivity contribution in [3.05, 3.63) is 58.6 Å². The molecule has 3 atom stereocenters. The lowest BCUT2D eigenvalue weighted by atomic mass is 9.59. The number of aliphatic hydroxyl groups excluding tert-OH is 2. The monoisotopic (exact) mass is 458 g/mol. The predicted octanol–water partition coefficient (Wildman–Crippen LogP) is 0.280. The minimum Gasteiger partial charge on any atom is -0.508 e. The highest BCUT2D eigenvalue weighted by atomic mass is 16.3. The summed E-state index contributed by atoms with van der Waals surface area (Å²) in [6, 6.07) is 4.71. The van der Waals surface area contributed by atoms with Gasteiger partial charge in [0.2, 0.25) is 5.78 Å². The summed E-state index contributed by atoms with van der Waals surface area (Å²) < 4.78 is 0. The Labute approximate surface area is 194 Å². The van der Waals surface area contributed by atoms with Crippen molar-refractivity contribution in [3.8, 4) is 16.9 Å². The molecule has 34 heavy (non-hydrogen) atoms. The number of carbonyl (C=O) groups excluding carboxylic acids is 3. The molecule has 9 nitrogen and oxygen atoms in total. The molecule has 2 radical (unpaired) electrons. The van der Waals surface area contributed by atoms with E-state index in [9.17, 15) is 34.8 Å². The van der Waals surface area contributed by atoms with Gasteiger partial charge in [-0.2, -0.15) is 0 Å². The van der Waals surface area contributed by atoms with E-state index in [1.807, 2.05) is 0 Å². The second-order valence-corrected chi connectivity index (χ2v) is 8.90. The Balaban J connectivity index is 1.71. The van der Waals surface area contributed by atoms with Crippen molar-refractivity contribution < 1.29 is 34.8 Å². The van der Waals surface area contributed by atoms with Crippen LogP contribution < -0.4 is 11.2 Å². The first-order chi connectivity index (χ1) is 16.1. The molecule has 1 fully saturated rings. The Kier molecular flexibility index (Phi) is 4.70. The van der Waals surface area contributed by atoms with Crippen LogP contribution in [-0.2, 0) is 20.8 Å². The van der Waals surface area contributed by atoms with Gasteiger partial charge in [0.1, 0.15) is 30.7 Å². The molecule has 10 heteroatoms. The van der Waals surface area contributed by atoms with Crippen molar-refractivity contribution in [1.29, 1.82) is 0 Å². The van der Waals surface area contributed by atoms with Crippen LogP contribution in [0.5, 0.6) is 5.75 Å². The van der Waals surface area contributed by atoms with Gasteiger partial charge in [0.15, 0.2) is 11.4 Å². The van der Waals surface area contributed by atoms with Gasteiger partial charge in [0.25, 0.3) is 5.91 Å². The van der Waals surface area contributed by atoms with E-state index < -0.39 is 52.0 Å². The van der Waals surface area contributed by atoms with Gasteiger partial charge in [0, 0.05) is 30.3 Å². The van der Waals surface area contributed by atoms with Crippen LogP contribution in [0.25, 0.3) is 16.9 Å². The molecule has 1 amide bonds. The van der Waals surface area contributed by atoms with Gasteiger partial charge in [-0.05, 0) is 41.5 Å². The third-order valence-electron chi connectivity index (χ3n) is 7.02. The maximum Gasteiger partial charge on any atom is 0.255 e. The van der Waals surface area contributed by atoms with E-state index in [2.05, 4.69) is 4.98 Å². The van der Waals surface area contributed by atoms with Crippen LogP contribution in [0.1, 0.15) is 24.0 Å². The number of Topliss-reactive ketones (excluding diaryl/α,β-unsaturated/α-hetero) is 2. The summed E-state index contributed by atoms with van der Waals surface area (Å²) in [5.74, 6) is -6.60. The third kappa shape index (κ3) is 2.85. The van der Waals surface area contributed by atoms with Gasteiger partial charge < -0.3 is 26.2 Å². The van der Waals surface area contributed by atoms with Crippen LogP contribution >= 0.6 is 0 Å². The number of aliphatic hydroxyl groups is 3. The lowest BCUT2D eigenvalue weighted by Gasteiger charge is -2.46. The predicted molar refractivity (Wildman–Crippen MR) is 120 cm³/mol. The normalized spacial score (nSPS) is 26.1. The molecule has 5 rings (SSSR count). The van der Waals surface area contributed by atoms with Gasteiger partial charge in [-0.1, -0.05) is 17.6 Å². The number of hydrogen-bond acceptors (Lipinski definition) is 8. The average Bonchev–Trinajstić information content (AvgIpc) is 2.76. The molecule has 3 aliphatic rings. The first-order valence-corrected chi connectivity index (χ1v) is 10.6. The van der Waals surface area contributed by atoms with E-state index in [1.54, 1.807) is 18.3 Å². The summed E-state index contributed by atoms with van der Waals surface area (Å²) in [6.45, 7) is 0. The topological polar surface area (TPSA) is 171 Å². The van der Waals surface area contributed by atoms with E-state index in [4.69, 9.17) is 13.6 Å². The summed E-state index contributed by atoms with van der Waals surface area (Å²) in [5.41, 5.74) is 3.88. The van der Waals surface area contributed by atoms with Gasteiger partial charge in [-0.25, -0.2) is 0 Å². The van der Waals surface area contributed by atoms with Gasteiger partial charge >= 0.3 is 0 Å². The number of pyridine rings is 1. The molecule has 1 aromatic heterocycles. The van der Waals surface area contributed by atoms with Crippen molar-refractivity contribution in [1.82, 2.24) is 4.98 Å². The summed E-state index contributed by atoms with van der Waals surface area (Å²) in [7, 11) is 5.86. The minimum absolute atomic E-state index is 0.0204. The van der Waals surface area contributed by atoms with Gasteiger partial charge in [0.05, 0.1) is 5.56 Å². The SMILES string of the molecule is [B]c1cncc(-c2ccc(O)c3c2C[C@H]2C[C@H]4CC(=O)C(C(N)=O)=C(O)[C@@]4(O)C(=O)C2=C3O)c1. The Morgan fingerprint density at radius 3 is 2.56 bits per heavy atom. The fraction of sp³-hybridized carbons (Fsp3) is 0.250. The summed E-state index contributed by atoms with van der Waals surface area (Å²) in [6.07, 6.45) is 2.96. The van der Waals surface area contributed by atoms with Crippen molar-refractivity contribution in [2.45, 2.75) is 24.9 Å². The zero-order valence-corrected chi connectivity index (χ0v) is 17.8. The number of carbonyl (C=O) groups is 3. The van der Waals surface area contributed by atoms with Crippen LogP contribution in [0.3, 0.4) is 0 Å². The number of ketones is 2. The molecule has 0 spiro atoms. The average molecular weight is 458 g/mol. The fourth-order valence-corrected chi connectivity index (χ4v) is 5.50. The molecule has 0 aliphatic heterocycles. The Hall–Kier alpha value is -3.92. The zero-order valence-electron chi connectivity index (χ0n) is 17.8. The van der Waals surface area contributed by atoms with E-state index in [1.165, 1.54) is 12.3 Å². The van der Waals surface area contributed by atoms with Crippen LogP contribution in [0, 0.1) is 11.8 Å². The molecule has 0 saturated heterocycles. The minimum atomic E-state index is -2.58. The molecule has 170 valence electrons. The Morgan fingerprint density at radius 2 is 1.88 bits per heavy atom. The highest BCUT2D eigenvalue weighted by Gasteiger charge is 2.60. The van der Waals surface area contributed by atoms with E-state index >= 15 is 0 Å². The van der Waals surface area contributed by atoms with Crippen molar-refractivity contribution in [2.75, 3.05) is 0 Å². The lowest BCUT2D eigenvalue weighted by Crippen LogP contribution is -2.58. The third-order valence-corrected chi connectivity index (χ3v) is 7.02. The number of aromatic hydroxyl groups is 1. The van der Waals surface area contributed by atoms with Crippen molar-refractivity contribution >= 4 is 36.5 Å². The molecule has 2 aromatic rings. The molecule has 1 heterocycles. The zero-order chi connectivity index (χ0) is 24.5. The van der Waals surface area contributed by atoms with Crippen LogP contribution in [0.4, 0.5) is 0 Å². The lowest BCUT2D eigenvalue weighted by molar-refractivity contribution is -0.147. The highest BCUT2D eigenvalue weighted by molar-refractivity contribution is 6.32. The van der Waals surface area contributed by atoms with E-state index in [-0.39, 0.29) is 36.1 Å². The summed E-state index contributed by atoms with van der Waals surface area (Å²) >= 11 is 0. The van der Waals surface area contributed by atoms with Gasteiger partial charge in [-0.15, -0.1) is 0 Å². The largest absolute Gasteiger partial charge is 0.508 e. The number of phenols is 1. The number of nitrogens with two attached hydrogens (primary N) is 1. The van der Waals surface area contributed by atoms with Gasteiger partial charge in [-0.3, -0.25) is 19.4 Å². The Morgan fingerprint density at radius 1 is 1.15 bits per heavy atom.